The molecule has 0 amide bonds. The number of aromatic nitrogens is 2. The van der Waals surface area contributed by atoms with E-state index in [2.05, 4.69) is 32.7 Å². The lowest BCUT2D eigenvalue weighted by Gasteiger charge is -2.15. The molecular weight excluding hydrogens is 592 g/mol. The highest BCUT2D eigenvalue weighted by molar-refractivity contribution is 14.1. The summed E-state index contributed by atoms with van der Waals surface area (Å²) < 4.78 is 13.3. The van der Waals surface area contributed by atoms with Crippen molar-refractivity contribution in [3.05, 3.63) is 100 Å². The SMILES string of the molecule is CCOc1cc(C=Nn2c(=O)[nH]c3ccccc3c2=O)cc(I)c1OCc1ccc(Cl)cc1Cl. The van der Waals surface area contributed by atoms with Gasteiger partial charge in [0.15, 0.2) is 11.5 Å². The van der Waals surface area contributed by atoms with E-state index in [9.17, 15) is 9.59 Å². The molecule has 0 aliphatic carbocycles. The summed E-state index contributed by atoms with van der Waals surface area (Å²) in [6.45, 7) is 2.50. The van der Waals surface area contributed by atoms with Crippen LogP contribution < -0.4 is 20.7 Å². The molecule has 0 atom stereocenters. The Morgan fingerprint density at radius 1 is 1.09 bits per heavy atom. The molecule has 0 aliphatic rings. The van der Waals surface area contributed by atoms with Gasteiger partial charge in [-0.1, -0.05) is 41.4 Å². The van der Waals surface area contributed by atoms with E-state index in [4.69, 9.17) is 32.7 Å². The quantitative estimate of drug-likeness (QED) is 0.223. The van der Waals surface area contributed by atoms with E-state index in [1.165, 1.54) is 6.21 Å². The minimum absolute atomic E-state index is 0.224. The maximum absolute atomic E-state index is 12.7. The number of halogens is 3. The van der Waals surface area contributed by atoms with Gasteiger partial charge in [0.2, 0.25) is 0 Å². The minimum Gasteiger partial charge on any atom is -0.490 e. The predicted octanol–water partition coefficient (Wildman–Crippen LogP) is 5.46. The molecule has 0 saturated heterocycles. The van der Waals surface area contributed by atoms with Gasteiger partial charge in [0.1, 0.15) is 6.61 Å². The molecule has 0 unspecified atom stereocenters. The van der Waals surface area contributed by atoms with Crippen molar-refractivity contribution in [3.63, 3.8) is 0 Å². The molecule has 0 radical (unpaired) electrons. The van der Waals surface area contributed by atoms with Gasteiger partial charge >= 0.3 is 5.69 Å². The summed E-state index contributed by atoms with van der Waals surface area (Å²) >= 11 is 14.3. The molecular formula is C24H18Cl2IN3O4. The van der Waals surface area contributed by atoms with Gasteiger partial charge in [0.05, 0.1) is 27.3 Å². The molecule has 0 saturated carbocycles. The fourth-order valence-corrected chi connectivity index (χ4v) is 4.48. The topological polar surface area (TPSA) is 85.7 Å². The maximum atomic E-state index is 12.7. The van der Waals surface area contributed by atoms with E-state index in [0.29, 0.717) is 44.6 Å². The van der Waals surface area contributed by atoms with Gasteiger partial charge < -0.3 is 14.5 Å². The summed E-state index contributed by atoms with van der Waals surface area (Å²) in [6, 6.07) is 15.5. The molecule has 4 aromatic rings. The van der Waals surface area contributed by atoms with Gasteiger partial charge in [-0.05, 0) is 71.5 Å². The fraction of sp³-hybridized carbons (Fsp3) is 0.125. The van der Waals surface area contributed by atoms with Crippen LogP contribution in [0.2, 0.25) is 10.0 Å². The summed E-state index contributed by atoms with van der Waals surface area (Å²) in [6.07, 6.45) is 1.43. The van der Waals surface area contributed by atoms with Crippen molar-refractivity contribution in [1.29, 1.82) is 0 Å². The standard InChI is InChI=1S/C24H18Cl2IN3O4/c1-2-33-21-10-14(9-19(27)22(21)34-13-15-7-8-16(25)11-18(15)26)12-28-30-23(31)17-5-3-4-6-20(17)29-24(30)32/h3-12H,2,13H2,1H3,(H,29,32). The van der Waals surface area contributed by atoms with Gasteiger partial charge in [-0.15, -0.1) is 4.68 Å². The Balaban J connectivity index is 1.65. The van der Waals surface area contributed by atoms with Gasteiger partial charge in [-0.25, -0.2) is 4.79 Å². The van der Waals surface area contributed by atoms with Crippen LogP contribution in [0.5, 0.6) is 11.5 Å². The monoisotopic (exact) mass is 609 g/mol. The van der Waals surface area contributed by atoms with Crippen LogP contribution >= 0.6 is 45.8 Å². The summed E-state index contributed by atoms with van der Waals surface area (Å²) in [4.78, 5) is 27.7. The van der Waals surface area contributed by atoms with Crippen molar-refractivity contribution >= 4 is 62.9 Å². The molecule has 34 heavy (non-hydrogen) atoms. The van der Waals surface area contributed by atoms with Crippen molar-refractivity contribution in [2.45, 2.75) is 13.5 Å². The lowest BCUT2D eigenvalue weighted by atomic mass is 10.2. The minimum atomic E-state index is -0.625. The lowest BCUT2D eigenvalue weighted by molar-refractivity contribution is 0.267. The number of hydrogen-bond donors (Lipinski definition) is 1. The second kappa shape index (κ2) is 10.6. The van der Waals surface area contributed by atoms with Crippen LogP contribution in [0.1, 0.15) is 18.1 Å². The molecule has 3 aromatic carbocycles. The Kier molecular flexibility index (Phi) is 7.60. The zero-order chi connectivity index (χ0) is 24.2. The van der Waals surface area contributed by atoms with Crippen molar-refractivity contribution in [2.75, 3.05) is 6.61 Å². The van der Waals surface area contributed by atoms with Crippen LogP contribution in [-0.2, 0) is 6.61 Å². The van der Waals surface area contributed by atoms with Crippen LogP contribution in [-0.4, -0.2) is 22.5 Å². The lowest BCUT2D eigenvalue weighted by Crippen LogP contribution is -2.32. The first kappa shape index (κ1) is 24.3. The zero-order valence-corrected chi connectivity index (χ0v) is 21.5. The zero-order valence-electron chi connectivity index (χ0n) is 17.8. The normalized spacial score (nSPS) is 11.3. The Morgan fingerprint density at radius 2 is 1.88 bits per heavy atom. The van der Waals surface area contributed by atoms with Crippen molar-refractivity contribution < 1.29 is 9.47 Å². The molecule has 0 bridgehead atoms. The molecule has 0 fully saturated rings. The van der Waals surface area contributed by atoms with E-state index in [-0.39, 0.29) is 6.61 Å². The molecule has 1 aromatic heterocycles. The summed E-state index contributed by atoms with van der Waals surface area (Å²) in [7, 11) is 0. The highest BCUT2D eigenvalue weighted by Gasteiger charge is 2.14. The Labute approximate surface area is 218 Å². The average molecular weight is 610 g/mol. The number of para-hydroxylation sites is 1. The number of rotatable bonds is 7. The van der Waals surface area contributed by atoms with E-state index >= 15 is 0 Å². The first-order valence-corrected chi connectivity index (χ1v) is 12.0. The van der Waals surface area contributed by atoms with E-state index in [1.54, 1.807) is 48.5 Å². The first-order chi connectivity index (χ1) is 16.4. The Hall–Kier alpha value is -2.82. The third-order valence-corrected chi connectivity index (χ3v) is 6.21. The third kappa shape index (κ3) is 5.29. The Bertz CT molecular complexity index is 1510. The van der Waals surface area contributed by atoms with Crippen LogP contribution in [0.3, 0.4) is 0 Å². The van der Waals surface area contributed by atoms with Crippen LogP contribution in [0, 0.1) is 3.57 Å². The first-order valence-electron chi connectivity index (χ1n) is 10.2. The van der Waals surface area contributed by atoms with Gasteiger partial charge in [-0.2, -0.15) is 5.10 Å². The third-order valence-electron chi connectivity index (χ3n) is 4.82. The highest BCUT2D eigenvalue weighted by Crippen LogP contribution is 2.35. The Morgan fingerprint density at radius 3 is 2.65 bits per heavy atom. The molecule has 10 heteroatoms. The summed E-state index contributed by atoms with van der Waals surface area (Å²) in [5, 5.41) is 5.54. The average Bonchev–Trinajstić information content (AvgIpc) is 2.80. The van der Waals surface area contributed by atoms with Gasteiger partial charge in [-0.3, -0.25) is 4.79 Å². The summed E-state index contributed by atoms with van der Waals surface area (Å²) in [5.41, 5.74) is 0.739. The van der Waals surface area contributed by atoms with Gasteiger partial charge in [0.25, 0.3) is 5.56 Å². The molecule has 174 valence electrons. The molecule has 4 rings (SSSR count). The van der Waals surface area contributed by atoms with Crippen molar-refractivity contribution in [2.24, 2.45) is 5.10 Å². The number of aromatic amines is 1. The number of nitrogens with zero attached hydrogens (tertiary/aromatic N) is 2. The van der Waals surface area contributed by atoms with E-state index in [0.717, 1.165) is 13.8 Å². The molecule has 0 aliphatic heterocycles. The smallest absolute Gasteiger partial charge is 0.349 e. The van der Waals surface area contributed by atoms with Crippen LogP contribution in [0.15, 0.2) is 69.3 Å². The number of H-pyrrole nitrogens is 1. The number of nitrogens with one attached hydrogen (secondary N) is 1. The van der Waals surface area contributed by atoms with Crippen molar-refractivity contribution in [1.82, 2.24) is 9.66 Å². The highest BCUT2D eigenvalue weighted by atomic mass is 127. The molecule has 1 heterocycles. The van der Waals surface area contributed by atoms with Crippen LogP contribution in [0.4, 0.5) is 0 Å². The second-order valence-electron chi connectivity index (χ2n) is 7.12. The number of ether oxygens (including phenoxy) is 2. The van der Waals surface area contributed by atoms with Crippen LogP contribution in [0.25, 0.3) is 10.9 Å². The number of hydrogen-bond acceptors (Lipinski definition) is 5. The van der Waals surface area contributed by atoms with Crippen molar-refractivity contribution in [3.8, 4) is 11.5 Å². The summed E-state index contributed by atoms with van der Waals surface area (Å²) in [5.74, 6) is 1.05. The number of fused-ring (bicyclic) bond motifs is 1. The molecule has 1 N–H and O–H groups in total. The number of benzene rings is 3. The fourth-order valence-electron chi connectivity index (χ4n) is 3.24. The predicted molar refractivity (Wildman–Crippen MR) is 143 cm³/mol. The van der Waals surface area contributed by atoms with E-state index < -0.39 is 11.2 Å². The van der Waals surface area contributed by atoms with E-state index in [1.807, 2.05) is 13.0 Å². The van der Waals surface area contributed by atoms with Gasteiger partial charge in [0, 0.05) is 15.6 Å². The molecule has 0 spiro atoms. The second-order valence-corrected chi connectivity index (χ2v) is 9.13. The largest absolute Gasteiger partial charge is 0.490 e. The molecule has 7 nitrogen and oxygen atoms in total. The maximum Gasteiger partial charge on any atom is 0.349 e.